The number of methoxy groups -OCH3 is 1. The first-order valence-corrected chi connectivity index (χ1v) is 8.16. The van der Waals surface area contributed by atoms with Crippen LogP contribution >= 0.6 is 0 Å². The number of hydrogen-bond donors (Lipinski definition) is 1. The Kier molecular flexibility index (Phi) is 5.90. The summed E-state index contributed by atoms with van der Waals surface area (Å²) in [5.74, 6) is 1.23. The Morgan fingerprint density at radius 1 is 1.00 bits per heavy atom. The summed E-state index contributed by atoms with van der Waals surface area (Å²) in [5, 5.41) is 11.5. The van der Waals surface area contributed by atoms with E-state index >= 15 is 0 Å². The highest BCUT2D eigenvalue weighted by Gasteiger charge is 2.14. The molecule has 1 aromatic heterocycles. The van der Waals surface area contributed by atoms with Gasteiger partial charge in [0.15, 0.2) is 5.82 Å². The maximum atomic E-state index is 5.05. The fourth-order valence-corrected chi connectivity index (χ4v) is 2.43. The Labute approximate surface area is 147 Å². The van der Waals surface area contributed by atoms with Crippen molar-refractivity contribution in [2.75, 3.05) is 30.5 Å². The highest BCUT2D eigenvalue weighted by molar-refractivity contribution is 5.58. The molecule has 1 heterocycles. The monoisotopic (exact) mass is 335 g/mol. The number of aromatic nitrogens is 3. The number of ether oxygens (including phenoxy) is 1. The Bertz CT molecular complexity index is 767. The van der Waals surface area contributed by atoms with Crippen molar-refractivity contribution in [3.8, 4) is 0 Å². The first-order valence-electron chi connectivity index (χ1n) is 8.16. The molecule has 25 heavy (non-hydrogen) atoms. The summed E-state index contributed by atoms with van der Waals surface area (Å²) in [6.45, 7) is 1.93. The minimum Gasteiger partial charge on any atom is -0.383 e. The molecule has 3 rings (SSSR count). The Morgan fingerprint density at radius 3 is 2.44 bits per heavy atom. The summed E-state index contributed by atoms with van der Waals surface area (Å²) in [5.41, 5.74) is 2.19. The van der Waals surface area contributed by atoms with Crippen LogP contribution in [0.3, 0.4) is 0 Å². The van der Waals surface area contributed by atoms with Crippen LogP contribution in [0, 0.1) is 0 Å². The van der Waals surface area contributed by atoms with Gasteiger partial charge in [0.05, 0.1) is 19.3 Å². The lowest BCUT2D eigenvalue weighted by Gasteiger charge is -2.22. The van der Waals surface area contributed by atoms with Crippen LogP contribution in [-0.4, -0.2) is 35.4 Å². The van der Waals surface area contributed by atoms with Gasteiger partial charge in [0.25, 0.3) is 5.95 Å². The first-order chi connectivity index (χ1) is 12.4. The smallest absolute Gasteiger partial charge is 0.252 e. The maximum absolute atomic E-state index is 5.05. The van der Waals surface area contributed by atoms with E-state index in [1.807, 2.05) is 53.4 Å². The normalized spacial score (nSPS) is 10.4. The van der Waals surface area contributed by atoms with Crippen LogP contribution in [0.15, 0.2) is 66.9 Å². The molecule has 1 N–H and O–H groups in total. The Morgan fingerprint density at radius 2 is 1.72 bits per heavy atom. The molecule has 0 saturated carbocycles. The van der Waals surface area contributed by atoms with E-state index < -0.39 is 0 Å². The minimum absolute atomic E-state index is 0.553. The zero-order valence-electron chi connectivity index (χ0n) is 14.2. The van der Waals surface area contributed by atoms with Crippen molar-refractivity contribution in [1.29, 1.82) is 0 Å². The summed E-state index contributed by atoms with van der Waals surface area (Å²) < 4.78 is 5.05. The molecular weight excluding hydrogens is 314 g/mol. The lowest BCUT2D eigenvalue weighted by molar-refractivity contribution is 0.210. The summed E-state index contributed by atoms with van der Waals surface area (Å²) in [4.78, 5) is 6.65. The average molecular weight is 335 g/mol. The predicted octanol–water partition coefficient (Wildman–Crippen LogP) is 3.27. The molecule has 0 atom stereocenters. The SMILES string of the molecule is COCCNc1cnnc(N(Cc2ccccc2)c2ccccc2)n1. The maximum Gasteiger partial charge on any atom is 0.252 e. The third-order valence-electron chi connectivity index (χ3n) is 3.65. The molecule has 0 aliphatic rings. The average Bonchev–Trinajstić information content (AvgIpc) is 2.68. The lowest BCUT2D eigenvalue weighted by Crippen LogP contribution is -2.20. The number of benzene rings is 2. The van der Waals surface area contributed by atoms with E-state index in [2.05, 4.69) is 32.6 Å². The van der Waals surface area contributed by atoms with Crippen molar-refractivity contribution < 1.29 is 4.74 Å². The molecule has 0 saturated heterocycles. The second-order valence-corrected chi connectivity index (χ2v) is 5.47. The number of nitrogens with one attached hydrogen (secondary N) is 1. The van der Waals surface area contributed by atoms with Crippen molar-refractivity contribution in [3.63, 3.8) is 0 Å². The molecule has 0 aliphatic carbocycles. The highest BCUT2D eigenvalue weighted by Crippen LogP contribution is 2.24. The summed E-state index contributed by atoms with van der Waals surface area (Å²) >= 11 is 0. The van der Waals surface area contributed by atoms with E-state index in [-0.39, 0.29) is 0 Å². The Balaban J connectivity index is 1.87. The van der Waals surface area contributed by atoms with Gasteiger partial charge in [0.1, 0.15) is 0 Å². The van der Waals surface area contributed by atoms with Crippen molar-refractivity contribution >= 4 is 17.5 Å². The van der Waals surface area contributed by atoms with E-state index in [0.29, 0.717) is 31.5 Å². The summed E-state index contributed by atoms with van der Waals surface area (Å²) in [6, 6.07) is 20.3. The molecule has 128 valence electrons. The van der Waals surface area contributed by atoms with Gasteiger partial charge in [0, 0.05) is 19.3 Å². The van der Waals surface area contributed by atoms with E-state index in [0.717, 1.165) is 5.69 Å². The standard InChI is InChI=1S/C19H21N5O/c1-25-13-12-20-18-14-21-23-19(22-18)24(17-10-6-3-7-11-17)15-16-8-4-2-5-9-16/h2-11,14H,12-13,15H2,1H3,(H,20,22,23). The van der Waals surface area contributed by atoms with Crippen molar-refractivity contribution in [2.24, 2.45) is 0 Å². The molecule has 0 bridgehead atoms. The molecule has 0 amide bonds. The quantitative estimate of drug-likeness (QED) is 0.638. The second-order valence-electron chi connectivity index (χ2n) is 5.47. The summed E-state index contributed by atoms with van der Waals surface area (Å²) in [7, 11) is 1.67. The highest BCUT2D eigenvalue weighted by atomic mass is 16.5. The molecule has 0 unspecified atom stereocenters. The van der Waals surface area contributed by atoms with Gasteiger partial charge < -0.3 is 15.0 Å². The van der Waals surface area contributed by atoms with Crippen molar-refractivity contribution in [1.82, 2.24) is 15.2 Å². The fourth-order valence-electron chi connectivity index (χ4n) is 2.43. The van der Waals surface area contributed by atoms with Gasteiger partial charge in [-0.25, -0.2) is 0 Å². The van der Waals surface area contributed by atoms with E-state index in [1.165, 1.54) is 5.56 Å². The molecule has 0 spiro atoms. The molecule has 6 heteroatoms. The predicted molar refractivity (Wildman–Crippen MR) is 98.9 cm³/mol. The van der Waals surface area contributed by atoms with Gasteiger partial charge in [-0.2, -0.15) is 10.1 Å². The van der Waals surface area contributed by atoms with E-state index in [9.17, 15) is 0 Å². The van der Waals surface area contributed by atoms with Gasteiger partial charge >= 0.3 is 0 Å². The van der Waals surface area contributed by atoms with Gasteiger partial charge in [-0.15, -0.1) is 5.10 Å². The zero-order valence-corrected chi connectivity index (χ0v) is 14.2. The molecule has 0 aliphatic heterocycles. The van der Waals surface area contributed by atoms with Crippen LogP contribution in [0.4, 0.5) is 17.5 Å². The van der Waals surface area contributed by atoms with Crippen LogP contribution in [0.25, 0.3) is 0 Å². The lowest BCUT2D eigenvalue weighted by atomic mass is 10.2. The van der Waals surface area contributed by atoms with Gasteiger partial charge in [-0.3, -0.25) is 0 Å². The molecule has 2 aromatic carbocycles. The van der Waals surface area contributed by atoms with Crippen LogP contribution in [-0.2, 0) is 11.3 Å². The first kappa shape index (κ1) is 16.9. The van der Waals surface area contributed by atoms with Crippen LogP contribution < -0.4 is 10.2 Å². The number of hydrogen-bond acceptors (Lipinski definition) is 6. The third-order valence-corrected chi connectivity index (χ3v) is 3.65. The van der Waals surface area contributed by atoms with Gasteiger partial charge in [0.2, 0.25) is 0 Å². The molecular formula is C19H21N5O. The topological polar surface area (TPSA) is 63.2 Å². The molecule has 3 aromatic rings. The van der Waals surface area contributed by atoms with Crippen LogP contribution in [0.1, 0.15) is 5.56 Å². The zero-order chi connectivity index (χ0) is 17.3. The van der Waals surface area contributed by atoms with Gasteiger partial charge in [-0.05, 0) is 17.7 Å². The third kappa shape index (κ3) is 4.74. The number of nitrogens with zero attached hydrogens (tertiary/aromatic N) is 4. The Hall–Kier alpha value is -2.99. The number of rotatable bonds is 8. The van der Waals surface area contributed by atoms with E-state index in [4.69, 9.17) is 4.74 Å². The van der Waals surface area contributed by atoms with Crippen molar-refractivity contribution in [3.05, 3.63) is 72.4 Å². The molecule has 6 nitrogen and oxygen atoms in total. The van der Waals surface area contributed by atoms with Gasteiger partial charge in [-0.1, -0.05) is 48.5 Å². The largest absolute Gasteiger partial charge is 0.383 e. The van der Waals surface area contributed by atoms with Crippen molar-refractivity contribution in [2.45, 2.75) is 6.54 Å². The molecule has 0 fully saturated rings. The van der Waals surface area contributed by atoms with Crippen LogP contribution in [0.5, 0.6) is 0 Å². The fraction of sp³-hybridized carbons (Fsp3) is 0.211. The molecule has 0 radical (unpaired) electrons. The minimum atomic E-state index is 0.553. The number of anilines is 3. The van der Waals surface area contributed by atoms with Crippen LogP contribution in [0.2, 0.25) is 0 Å². The number of para-hydroxylation sites is 1. The summed E-state index contributed by atoms with van der Waals surface area (Å²) in [6.07, 6.45) is 1.62. The second kappa shape index (κ2) is 8.75. The van der Waals surface area contributed by atoms with E-state index in [1.54, 1.807) is 13.3 Å².